The van der Waals surface area contributed by atoms with Crippen molar-refractivity contribution >= 4 is 22.1 Å². The highest BCUT2D eigenvalue weighted by molar-refractivity contribution is 7.85. The molecule has 0 spiro atoms. The molecule has 0 amide bonds. The summed E-state index contributed by atoms with van der Waals surface area (Å²) < 4.78 is 34.4. The van der Waals surface area contributed by atoms with Crippen molar-refractivity contribution in [3.8, 4) is 0 Å². The summed E-state index contributed by atoms with van der Waals surface area (Å²) in [6, 6.07) is 0. The van der Waals surface area contributed by atoms with Crippen molar-refractivity contribution in [2.24, 2.45) is 5.73 Å². The molecular weight excluding hydrogens is 316 g/mol. The summed E-state index contributed by atoms with van der Waals surface area (Å²) in [5.74, 6) is -1.76. The van der Waals surface area contributed by atoms with Gasteiger partial charge in [-0.05, 0) is 0 Å². The zero-order chi connectivity index (χ0) is 18.0. The maximum atomic E-state index is 11.1. The van der Waals surface area contributed by atoms with Crippen LogP contribution in [0.4, 0.5) is 0 Å². The average Bonchev–Trinajstić information content (AvgIpc) is 2.24. The topological polar surface area (TPSA) is 147 Å². The van der Waals surface area contributed by atoms with Gasteiger partial charge in [-0.3, -0.25) is 9.59 Å². The van der Waals surface area contributed by atoms with E-state index < -0.39 is 27.9 Å². The van der Waals surface area contributed by atoms with E-state index in [9.17, 15) is 22.6 Å². The van der Waals surface area contributed by atoms with Crippen LogP contribution >= 0.6 is 0 Å². The van der Waals surface area contributed by atoms with Crippen molar-refractivity contribution in [1.29, 1.82) is 0 Å². The Morgan fingerprint density at radius 2 is 1.82 bits per heavy atom. The molecule has 0 unspecified atom stereocenters. The lowest BCUT2D eigenvalue weighted by Gasteiger charge is -2.28. The summed E-state index contributed by atoms with van der Waals surface area (Å²) in [6.07, 6.45) is -0.413. The summed E-state index contributed by atoms with van der Waals surface area (Å²) in [6.45, 7) is 2.09. The number of carbonyl (C=O) groups excluding carboxylic acids is 1. The third kappa shape index (κ3) is 18.8. The maximum Gasteiger partial charge on any atom is 0.307 e. The summed E-state index contributed by atoms with van der Waals surface area (Å²) in [4.78, 5) is 21.6. The Morgan fingerprint density at radius 1 is 1.32 bits per heavy atom. The molecule has 0 aromatic rings. The second-order valence-electron chi connectivity index (χ2n) is 5.59. The minimum absolute atomic E-state index is 0.0914. The smallest absolute Gasteiger partial charge is 0.307 e. The first-order valence-electron chi connectivity index (χ1n) is 6.66. The van der Waals surface area contributed by atoms with Gasteiger partial charge in [0.25, 0.3) is 0 Å². The molecule has 0 aromatic carbocycles. The van der Waals surface area contributed by atoms with E-state index >= 15 is 0 Å². The quantitative estimate of drug-likeness (QED) is 0.323. The first kappa shape index (κ1) is 23.0. The fourth-order valence-electron chi connectivity index (χ4n) is 1.36. The first-order valence-corrected chi connectivity index (χ1v) is 8.23. The van der Waals surface area contributed by atoms with Crippen LogP contribution in [-0.4, -0.2) is 80.6 Å². The Morgan fingerprint density at radius 3 is 2.05 bits per heavy atom. The highest BCUT2D eigenvalue weighted by Crippen LogP contribution is 2.06. The fourth-order valence-corrected chi connectivity index (χ4v) is 1.65. The highest BCUT2D eigenvalue weighted by Gasteiger charge is 2.24. The number of carboxylic acid groups (broad SMARTS) is 1. The molecule has 1 atom stereocenters. The van der Waals surface area contributed by atoms with E-state index in [1.54, 1.807) is 6.92 Å². The summed E-state index contributed by atoms with van der Waals surface area (Å²) in [5, 5.41) is 8.67. The number of aliphatic carboxylic acids is 1. The Hall–Kier alpha value is -1.23. The lowest BCUT2D eigenvalue weighted by atomic mass is 10.2. The molecular formula is C12H26N2O7S. The van der Waals surface area contributed by atoms with Gasteiger partial charge in [-0.1, -0.05) is 6.92 Å². The predicted octanol–water partition coefficient (Wildman–Crippen LogP) is -1.02. The first-order chi connectivity index (χ1) is 9.80. The number of quaternary nitrogens is 1. The summed E-state index contributed by atoms with van der Waals surface area (Å²) >= 11 is 0. The lowest BCUT2D eigenvalue weighted by molar-refractivity contribution is -0.873. The lowest BCUT2D eigenvalue weighted by Crippen LogP contribution is -2.43. The van der Waals surface area contributed by atoms with E-state index in [1.165, 1.54) is 0 Å². The molecule has 0 saturated heterocycles. The van der Waals surface area contributed by atoms with Crippen LogP contribution in [0.15, 0.2) is 0 Å². The van der Waals surface area contributed by atoms with Gasteiger partial charge in [-0.25, -0.2) is 8.42 Å². The fraction of sp³-hybridized carbons (Fsp3) is 0.833. The van der Waals surface area contributed by atoms with Gasteiger partial charge in [0.15, 0.2) is 6.10 Å². The number of likely N-dealkylation sites (N-methyl/N-ethyl adjacent to an activating group) is 1. The van der Waals surface area contributed by atoms with Crippen molar-refractivity contribution in [2.75, 3.05) is 40.0 Å². The van der Waals surface area contributed by atoms with Crippen molar-refractivity contribution in [3.63, 3.8) is 0 Å². The number of esters is 1. The van der Waals surface area contributed by atoms with Crippen LogP contribution in [0.3, 0.4) is 0 Å². The zero-order valence-corrected chi connectivity index (χ0v) is 14.3. The number of hydrogen-bond acceptors (Lipinski definition) is 7. The van der Waals surface area contributed by atoms with Crippen LogP contribution < -0.4 is 5.73 Å². The Balaban J connectivity index is 0. The molecule has 0 rings (SSSR count). The Bertz CT molecular complexity index is 443. The number of carbonyl (C=O) groups is 2. The second-order valence-corrected chi connectivity index (χ2v) is 7.11. The molecule has 0 radical (unpaired) electrons. The largest absolute Gasteiger partial charge is 0.748 e. The van der Waals surface area contributed by atoms with Crippen LogP contribution in [0, 0.1) is 0 Å². The Kier molecular flexibility index (Phi) is 11.0. The van der Waals surface area contributed by atoms with Crippen LogP contribution in [0.5, 0.6) is 0 Å². The van der Waals surface area contributed by atoms with Crippen molar-refractivity contribution < 1.29 is 36.9 Å². The van der Waals surface area contributed by atoms with Crippen LogP contribution in [0.2, 0.25) is 0 Å². The van der Waals surface area contributed by atoms with Crippen molar-refractivity contribution in [3.05, 3.63) is 0 Å². The number of carboxylic acids is 1. The maximum absolute atomic E-state index is 11.1. The molecule has 0 saturated carbocycles. The molecule has 0 aliphatic rings. The number of nitrogens with two attached hydrogens (primary N) is 1. The average molecular weight is 342 g/mol. The second kappa shape index (κ2) is 10.5. The third-order valence-corrected chi connectivity index (χ3v) is 2.84. The number of hydrogen-bond donors (Lipinski definition) is 2. The Labute approximate surface area is 131 Å². The van der Waals surface area contributed by atoms with Crippen molar-refractivity contribution in [1.82, 2.24) is 0 Å². The van der Waals surface area contributed by atoms with Gasteiger partial charge in [0, 0.05) is 13.0 Å². The van der Waals surface area contributed by atoms with Gasteiger partial charge in [0.2, 0.25) is 0 Å². The van der Waals surface area contributed by atoms with Gasteiger partial charge in [0.1, 0.15) is 6.54 Å². The predicted molar refractivity (Wildman–Crippen MR) is 78.9 cm³/mol. The molecule has 0 fully saturated rings. The molecule has 0 aromatic heterocycles. The van der Waals surface area contributed by atoms with E-state index in [1.807, 2.05) is 21.1 Å². The third-order valence-electron chi connectivity index (χ3n) is 2.11. The highest BCUT2D eigenvalue weighted by atomic mass is 32.2. The minimum atomic E-state index is -4.05. The number of rotatable bonds is 8. The van der Waals surface area contributed by atoms with E-state index in [4.69, 9.17) is 15.6 Å². The molecule has 9 nitrogen and oxygen atoms in total. The van der Waals surface area contributed by atoms with Gasteiger partial charge in [0.05, 0.1) is 43.4 Å². The standard InChI is InChI=1S/C10H19NO4.C2H7NO3S/c1-5-10(14)15-8(6-9(12)13)7-11(2,3)4;3-1-2-7(4,5)6/h8H,5-7H2,1-4H3;1-3H2,(H,4,5,6)/t8-;/m1./s1. The molecule has 0 bridgehead atoms. The van der Waals surface area contributed by atoms with Crippen LogP contribution in [-0.2, 0) is 24.4 Å². The normalized spacial score (nSPS) is 12.8. The zero-order valence-electron chi connectivity index (χ0n) is 13.4. The molecule has 0 aliphatic carbocycles. The number of ether oxygens (including phenoxy) is 1. The van der Waals surface area contributed by atoms with E-state index in [0.717, 1.165) is 0 Å². The molecule has 22 heavy (non-hydrogen) atoms. The summed E-state index contributed by atoms with van der Waals surface area (Å²) in [5.41, 5.74) is 4.74. The molecule has 0 aliphatic heterocycles. The van der Waals surface area contributed by atoms with E-state index in [0.29, 0.717) is 11.0 Å². The summed E-state index contributed by atoms with van der Waals surface area (Å²) in [7, 11) is 1.73. The van der Waals surface area contributed by atoms with Gasteiger partial charge >= 0.3 is 11.9 Å². The minimum Gasteiger partial charge on any atom is -0.748 e. The van der Waals surface area contributed by atoms with Crippen molar-refractivity contribution in [2.45, 2.75) is 25.9 Å². The van der Waals surface area contributed by atoms with Gasteiger partial charge in [-0.2, -0.15) is 0 Å². The monoisotopic (exact) mass is 342 g/mol. The number of nitrogens with zero attached hydrogens (tertiary/aromatic N) is 1. The van der Waals surface area contributed by atoms with E-state index in [2.05, 4.69) is 0 Å². The van der Waals surface area contributed by atoms with Crippen LogP contribution in [0.25, 0.3) is 0 Å². The van der Waals surface area contributed by atoms with Gasteiger partial charge in [-0.15, -0.1) is 0 Å². The van der Waals surface area contributed by atoms with Crippen LogP contribution in [0.1, 0.15) is 19.8 Å². The molecule has 10 heteroatoms. The molecule has 0 heterocycles. The van der Waals surface area contributed by atoms with Gasteiger partial charge < -0.3 is 24.6 Å². The molecule has 3 N–H and O–H groups in total. The van der Waals surface area contributed by atoms with E-state index in [-0.39, 0.29) is 25.4 Å². The molecule has 132 valence electrons. The SMILES string of the molecule is CCC(=O)O[C@H](CC(=O)O)C[N+](C)(C)C.NCCS(=O)(=O)[O-].